The first-order valence-corrected chi connectivity index (χ1v) is 3.88. The Balaban J connectivity index is 2.45. The van der Waals surface area contributed by atoms with Crippen LogP contribution in [0.25, 0.3) is 0 Å². The van der Waals surface area contributed by atoms with Crippen molar-refractivity contribution >= 4 is 5.97 Å². The summed E-state index contributed by atoms with van der Waals surface area (Å²) in [7, 11) is 1.80. The molecule has 5 heteroatoms. The van der Waals surface area contributed by atoms with E-state index in [1.165, 1.54) is 0 Å². The molecule has 0 radical (unpaired) electrons. The lowest BCUT2D eigenvalue weighted by molar-refractivity contribution is -0.142. The van der Waals surface area contributed by atoms with Crippen LogP contribution in [-0.4, -0.2) is 27.5 Å². The van der Waals surface area contributed by atoms with Gasteiger partial charge in [-0.15, -0.1) is 0 Å². The summed E-state index contributed by atoms with van der Waals surface area (Å²) in [6.07, 6.45) is 0. The van der Waals surface area contributed by atoms with E-state index in [4.69, 9.17) is 9.84 Å². The molecule has 0 bridgehead atoms. The van der Waals surface area contributed by atoms with E-state index in [1.54, 1.807) is 11.7 Å². The summed E-state index contributed by atoms with van der Waals surface area (Å²) in [5.74, 6) is -0.959. The number of aryl methyl sites for hydroxylation is 2. The molecule has 0 saturated heterocycles. The number of ether oxygens (including phenoxy) is 1. The van der Waals surface area contributed by atoms with Crippen molar-refractivity contribution in [3.63, 3.8) is 0 Å². The number of carbonyl (C=O) groups is 1. The van der Waals surface area contributed by atoms with Gasteiger partial charge in [-0.2, -0.15) is 5.10 Å². The highest BCUT2D eigenvalue weighted by molar-refractivity contribution is 5.67. The number of hydrogen-bond acceptors (Lipinski definition) is 3. The Hall–Kier alpha value is -1.36. The molecule has 0 amide bonds. The standard InChI is InChI=1S/C8H12N2O3/c1-6-3-7(10(2)9-6)4-13-5-8(11)12/h3H,4-5H2,1-2H3,(H,11,12). The second kappa shape index (κ2) is 4.04. The molecular weight excluding hydrogens is 172 g/mol. The summed E-state index contributed by atoms with van der Waals surface area (Å²) >= 11 is 0. The third-order valence-electron chi connectivity index (χ3n) is 1.57. The summed E-state index contributed by atoms with van der Waals surface area (Å²) in [6, 6.07) is 1.86. The van der Waals surface area contributed by atoms with Crippen molar-refractivity contribution in [3.8, 4) is 0 Å². The molecule has 1 heterocycles. The fourth-order valence-electron chi connectivity index (χ4n) is 1.04. The number of carboxylic acids is 1. The third kappa shape index (κ3) is 2.87. The zero-order valence-corrected chi connectivity index (χ0v) is 7.65. The molecule has 0 aromatic carbocycles. The highest BCUT2D eigenvalue weighted by atomic mass is 16.5. The van der Waals surface area contributed by atoms with Gasteiger partial charge in [0.05, 0.1) is 18.0 Å². The molecule has 0 aliphatic heterocycles. The second-order valence-corrected chi connectivity index (χ2v) is 2.79. The molecule has 0 atom stereocenters. The first-order chi connectivity index (χ1) is 6.09. The maximum absolute atomic E-state index is 10.1. The highest BCUT2D eigenvalue weighted by Gasteiger charge is 2.03. The fraction of sp³-hybridized carbons (Fsp3) is 0.500. The van der Waals surface area contributed by atoms with Crippen molar-refractivity contribution < 1.29 is 14.6 Å². The van der Waals surface area contributed by atoms with Gasteiger partial charge in [0.2, 0.25) is 0 Å². The van der Waals surface area contributed by atoms with Crippen molar-refractivity contribution in [1.82, 2.24) is 9.78 Å². The van der Waals surface area contributed by atoms with E-state index >= 15 is 0 Å². The average Bonchev–Trinajstić information content (AvgIpc) is 2.29. The normalized spacial score (nSPS) is 10.3. The van der Waals surface area contributed by atoms with Crippen molar-refractivity contribution in [3.05, 3.63) is 17.5 Å². The topological polar surface area (TPSA) is 64.3 Å². The van der Waals surface area contributed by atoms with Gasteiger partial charge in [0.15, 0.2) is 0 Å². The largest absolute Gasteiger partial charge is 0.480 e. The number of hydrogen-bond donors (Lipinski definition) is 1. The first-order valence-electron chi connectivity index (χ1n) is 3.88. The second-order valence-electron chi connectivity index (χ2n) is 2.79. The molecule has 72 valence electrons. The predicted octanol–water partition coefficient (Wildman–Crippen LogP) is 0.330. The lowest BCUT2D eigenvalue weighted by atomic mass is 10.4. The van der Waals surface area contributed by atoms with Gasteiger partial charge in [-0.05, 0) is 13.0 Å². The zero-order chi connectivity index (χ0) is 9.84. The molecule has 0 aliphatic rings. The van der Waals surface area contributed by atoms with Crippen molar-refractivity contribution in [1.29, 1.82) is 0 Å². The van der Waals surface area contributed by atoms with Crippen molar-refractivity contribution in [2.45, 2.75) is 13.5 Å². The van der Waals surface area contributed by atoms with Gasteiger partial charge in [-0.25, -0.2) is 4.79 Å². The van der Waals surface area contributed by atoms with Gasteiger partial charge in [-0.1, -0.05) is 0 Å². The van der Waals surface area contributed by atoms with Crippen LogP contribution in [0.4, 0.5) is 0 Å². The SMILES string of the molecule is Cc1cc(COCC(=O)O)n(C)n1. The Morgan fingerprint density at radius 3 is 2.92 bits per heavy atom. The van der Waals surface area contributed by atoms with Crippen LogP contribution in [-0.2, 0) is 23.2 Å². The summed E-state index contributed by atoms with van der Waals surface area (Å²) in [6.45, 7) is 1.88. The Morgan fingerprint density at radius 2 is 2.46 bits per heavy atom. The lowest BCUT2D eigenvalue weighted by Gasteiger charge is -2.00. The molecule has 0 unspecified atom stereocenters. The third-order valence-corrected chi connectivity index (χ3v) is 1.57. The monoisotopic (exact) mass is 184 g/mol. The molecule has 1 aromatic rings. The number of nitrogens with zero attached hydrogens (tertiary/aromatic N) is 2. The summed E-state index contributed by atoms with van der Waals surface area (Å²) in [4.78, 5) is 10.1. The Kier molecular flexibility index (Phi) is 3.02. The van der Waals surface area contributed by atoms with Crippen LogP contribution in [0.15, 0.2) is 6.07 Å². The van der Waals surface area contributed by atoms with Gasteiger partial charge in [0.1, 0.15) is 6.61 Å². The van der Waals surface area contributed by atoms with E-state index in [1.807, 2.05) is 13.0 Å². The molecule has 0 fully saturated rings. The van der Waals surface area contributed by atoms with Crippen LogP contribution in [0.2, 0.25) is 0 Å². The molecule has 13 heavy (non-hydrogen) atoms. The molecule has 1 rings (SSSR count). The van der Waals surface area contributed by atoms with Gasteiger partial charge < -0.3 is 9.84 Å². The van der Waals surface area contributed by atoms with E-state index in [9.17, 15) is 4.79 Å². The molecule has 0 saturated carbocycles. The van der Waals surface area contributed by atoms with E-state index in [2.05, 4.69) is 5.10 Å². The van der Waals surface area contributed by atoms with Crippen LogP contribution in [0.3, 0.4) is 0 Å². The van der Waals surface area contributed by atoms with E-state index in [-0.39, 0.29) is 13.2 Å². The highest BCUT2D eigenvalue weighted by Crippen LogP contribution is 2.02. The average molecular weight is 184 g/mol. The minimum absolute atomic E-state index is 0.274. The smallest absolute Gasteiger partial charge is 0.329 e. The number of carboxylic acid groups (broad SMARTS) is 1. The van der Waals surface area contributed by atoms with Gasteiger partial charge in [0.25, 0.3) is 0 Å². The quantitative estimate of drug-likeness (QED) is 0.732. The maximum atomic E-state index is 10.1. The van der Waals surface area contributed by atoms with E-state index < -0.39 is 5.97 Å². The fourth-order valence-corrected chi connectivity index (χ4v) is 1.04. The summed E-state index contributed by atoms with van der Waals surface area (Å²) in [5.41, 5.74) is 1.77. The Morgan fingerprint density at radius 1 is 1.77 bits per heavy atom. The van der Waals surface area contributed by atoms with Crippen LogP contribution < -0.4 is 0 Å². The maximum Gasteiger partial charge on any atom is 0.329 e. The molecule has 5 nitrogen and oxygen atoms in total. The lowest BCUT2D eigenvalue weighted by Crippen LogP contribution is -2.08. The summed E-state index contributed by atoms with van der Waals surface area (Å²) < 4.78 is 6.59. The Bertz CT molecular complexity index is 306. The van der Waals surface area contributed by atoms with Gasteiger partial charge >= 0.3 is 5.97 Å². The van der Waals surface area contributed by atoms with Crippen LogP contribution in [0.5, 0.6) is 0 Å². The number of aromatic nitrogens is 2. The van der Waals surface area contributed by atoms with Crippen LogP contribution >= 0.6 is 0 Å². The van der Waals surface area contributed by atoms with Gasteiger partial charge in [-0.3, -0.25) is 4.68 Å². The van der Waals surface area contributed by atoms with Crippen LogP contribution in [0.1, 0.15) is 11.4 Å². The first kappa shape index (κ1) is 9.73. The molecule has 0 aliphatic carbocycles. The Labute approximate surface area is 75.9 Å². The van der Waals surface area contributed by atoms with Crippen LogP contribution in [0, 0.1) is 6.92 Å². The predicted molar refractivity (Wildman–Crippen MR) is 45.2 cm³/mol. The minimum Gasteiger partial charge on any atom is -0.480 e. The molecular formula is C8H12N2O3. The van der Waals surface area contributed by atoms with E-state index in [0.717, 1.165) is 11.4 Å². The van der Waals surface area contributed by atoms with Crippen molar-refractivity contribution in [2.75, 3.05) is 6.61 Å². The van der Waals surface area contributed by atoms with E-state index in [0.29, 0.717) is 0 Å². The zero-order valence-electron chi connectivity index (χ0n) is 7.65. The molecule has 0 spiro atoms. The van der Waals surface area contributed by atoms with Crippen molar-refractivity contribution in [2.24, 2.45) is 7.05 Å². The minimum atomic E-state index is -0.959. The number of rotatable bonds is 4. The van der Waals surface area contributed by atoms with Gasteiger partial charge in [0, 0.05) is 7.05 Å². The molecule has 1 aromatic heterocycles. The number of aliphatic carboxylic acids is 1. The molecule has 1 N–H and O–H groups in total. The summed E-state index contributed by atoms with van der Waals surface area (Å²) in [5, 5.41) is 12.4.